The maximum atomic E-state index is 12.4. The Hall–Kier alpha value is -2.74. The van der Waals surface area contributed by atoms with E-state index < -0.39 is 12.1 Å². The van der Waals surface area contributed by atoms with Crippen molar-refractivity contribution >= 4 is 24.0 Å². The first kappa shape index (κ1) is 19.6. The molecule has 1 heterocycles. The molecular weight excluding hydrogens is 338 g/mol. The number of rotatable bonds is 6. The van der Waals surface area contributed by atoms with Gasteiger partial charge < -0.3 is 25.4 Å². The van der Waals surface area contributed by atoms with E-state index >= 15 is 0 Å². The Balaban J connectivity index is 2.17. The second-order valence-electron chi connectivity index (χ2n) is 6.17. The van der Waals surface area contributed by atoms with Crippen molar-refractivity contribution in [2.24, 2.45) is 10.9 Å². The van der Waals surface area contributed by atoms with Crippen LogP contribution in [0.25, 0.3) is 0 Å². The zero-order chi connectivity index (χ0) is 19.1. The highest BCUT2D eigenvalue weighted by atomic mass is 16.7. The van der Waals surface area contributed by atoms with Crippen LogP contribution in [0.5, 0.6) is 0 Å². The summed E-state index contributed by atoms with van der Waals surface area (Å²) in [7, 11) is 0. The highest BCUT2D eigenvalue weighted by Gasteiger charge is 2.31. The number of hydrogen-bond acceptors (Lipinski definition) is 6. The highest BCUT2D eigenvalue weighted by molar-refractivity contribution is 5.97. The predicted octanol–water partition coefficient (Wildman–Crippen LogP) is 0.873. The summed E-state index contributed by atoms with van der Waals surface area (Å²) in [4.78, 5) is 39.9. The normalized spacial score (nSPS) is 20.5. The quantitative estimate of drug-likeness (QED) is 0.255. The summed E-state index contributed by atoms with van der Waals surface area (Å²) in [6, 6.07) is 6.76. The first-order chi connectivity index (χ1) is 12.4. The number of nitrogens with zero attached hydrogens (tertiary/aromatic N) is 2. The van der Waals surface area contributed by atoms with Gasteiger partial charge in [-0.2, -0.15) is 0 Å². The number of likely N-dealkylation sites (tertiary alicyclic amines) is 1. The molecule has 0 aliphatic carbocycles. The lowest BCUT2D eigenvalue weighted by atomic mass is 9.92. The summed E-state index contributed by atoms with van der Waals surface area (Å²) in [5, 5.41) is 13.5. The number of amides is 1. The fraction of sp³-hybridized carbons (Fsp3) is 0.444. The SMILES string of the molecule is CC(=O)O/N=C(/N)c1ccc(C2CC(O)CCN2C(=O)CCC=O)cc1. The summed E-state index contributed by atoms with van der Waals surface area (Å²) < 4.78 is 0. The van der Waals surface area contributed by atoms with Crippen LogP contribution in [0.1, 0.15) is 49.8 Å². The Kier molecular flexibility index (Phi) is 6.85. The molecule has 0 saturated carbocycles. The van der Waals surface area contributed by atoms with Gasteiger partial charge >= 0.3 is 5.97 Å². The van der Waals surface area contributed by atoms with Gasteiger partial charge in [0, 0.05) is 31.9 Å². The molecule has 26 heavy (non-hydrogen) atoms. The summed E-state index contributed by atoms with van der Waals surface area (Å²) in [6.07, 6.45) is 1.55. The first-order valence-corrected chi connectivity index (χ1v) is 8.45. The maximum absolute atomic E-state index is 12.4. The number of amidine groups is 1. The smallest absolute Gasteiger partial charge is 0.332 e. The van der Waals surface area contributed by atoms with Gasteiger partial charge in [0.25, 0.3) is 0 Å². The van der Waals surface area contributed by atoms with Crippen LogP contribution in [0.4, 0.5) is 0 Å². The highest BCUT2D eigenvalue weighted by Crippen LogP contribution is 2.32. The second kappa shape index (κ2) is 9.10. The Bertz CT molecular complexity index is 687. The van der Waals surface area contributed by atoms with Crippen molar-refractivity contribution in [1.82, 2.24) is 4.90 Å². The van der Waals surface area contributed by atoms with Gasteiger partial charge in [0.15, 0.2) is 5.84 Å². The number of nitrogens with two attached hydrogens (primary N) is 1. The van der Waals surface area contributed by atoms with Gasteiger partial charge in [-0.1, -0.05) is 29.4 Å². The Labute approximate surface area is 151 Å². The number of aliphatic hydroxyl groups excluding tert-OH is 1. The first-order valence-electron chi connectivity index (χ1n) is 8.45. The average molecular weight is 361 g/mol. The van der Waals surface area contributed by atoms with Crippen molar-refractivity contribution in [3.8, 4) is 0 Å². The molecule has 1 amide bonds. The third-order valence-corrected chi connectivity index (χ3v) is 4.23. The van der Waals surface area contributed by atoms with Crippen molar-refractivity contribution in [3.63, 3.8) is 0 Å². The molecule has 0 bridgehead atoms. The summed E-state index contributed by atoms with van der Waals surface area (Å²) in [6.45, 7) is 1.67. The van der Waals surface area contributed by atoms with E-state index in [0.717, 1.165) is 11.8 Å². The molecule has 0 aromatic heterocycles. The van der Waals surface area contributed by atoms with E-state index in [1.165, 1.54) is 6.92 Å². The molecule has 1 saturated heterocycles. The number of hydrogen-bond donors (Lipinski definition) is 2. The number of oxime groups is 1. The van der Waals surface area contributed by atoms with E-state index in [2.05, 4.69) is 9.99 Å². The summed E-state index contributed by atoms with van der Waals surface area (Å²) in [5.74, 6) is -0.603. The van der Waals surface area contributed by atoms with E-state index in [0.29, 0.717) is 24.9 Å². The van der Waals surface area contributed by atoms with Crippen LogP contribution in [0.2, 0.25) is 0 Å². The summed E-state index contributed by atoms with van der Waals surface area (Å²) >= 11 is 0. The molecule has 8 heteroatoms. The monoisotopic (exact) mass is 361 g/mol. The third-order valence-electron chi connectivity index (χ3n) is 4.23. The molecule has 1 aromatic rings. The number of benzene rings is 1. The molecule has 1 aromatic carbocycles. The minimum Gasteiger partial charge on any atom is -0.393 e. The van der Waals surface area contributed by atoms with E-state index in [1.807, 2.05) is 0 Å². The zero-order valence-corrected chi connectivity index (χ0v) is 14.6. The number of aliphatic hydroxyl groups is 1. The molecule has 1 fully saturated rings. The molecule has 0 spiro atoms. The van der Waals surface area contributed by atoms with E-state index in [-0.39, 0.29) is 30.6 Å². The van der Waals surface area contributed by atoms with E-state index in [9.17, 15) is 19.5 Å². The van der Waals surface area contributed by atoms with Gasteiger partial charge in [-0.25, -0.2) is 4.79 Å². The minimum absolute atomic E-state index is 0.0642. The lowest BCUT2D eigenvalue weighted by Crippen LogP contribution is -2.42. The average Bonchev–Trinajstić information content (AvgIpc) is 2.64. The molecule has 1 aliphatic heterocycles. The Morgan fingerprint density at radius 2 is 2.08 bits per heavy atom. The van der Waals surface area contributed by atoms with Crippen LogP contribution < -0.4 is 5.73 Å². The van der Waals surface area contributed by atoms with Gasteiger partial charge in [-0.05, 0) is 18.4 Å². The van der Waals surface area contributed by atoms with Gasteiger partial charge in [-0.15, -0.1) is 0 Å². The maximum Gasteiger partial charge on any atom is 0.332 e. The standard InChI is InChI=1S/C18H23N3O5/c1-12(23)26-20-18(19)14-6-4-13(5-7-14)16-11-15(24)8-9-21(16)17(25)3-2-10-22/h4-7,10,15-16,24H,2-3,8-9,11H2,1H3,(H2,19,20). The predicted molar refractivity (Wildman–Crippen MR) is 93.9 cm³/mol. The lowest BCUT2D eigenvalue weighted by molar-refractivity contribution is -0.141. The molecule has 2 rings (SSSR count). The van der Waals surface area contributed by atoms with Crippen LogP contribution in [-0.2, 0) is 19.2 Å². The number of aldehydes is 1. The van der Waals surface area contributed by atoms with Gasteiger partial charge in [-0.3, -0.25) is 4.79 Å². The fourth-order valence-corrected chi connectivity index (χ4v) is 2.93. The molecule has 2 atom stereocenters. The minimum atomic E-state index is -0.565. The van der Waals surface area contributed by atoms with Crippen molar-refractivity contribution in [2.45, 2.75) is 44.8 Å². The van der Waals surface area contributed by atoms with Gasteiger partial charge in [0.2, 0.25) is 5.91 Å². The van der Waals surface area contributed by atoms with Crippen molar-refractivity contribution in [3.05, 3.63) is 35.4 Å². The van der Waals surface area contributed by atoms with Crippen LogP contribution >= 0.6 is 0 Å². The molecule has 1 aliphatic rings. The summed E-state index contributed by atoms with van der Waals surface area (Å²) in [5.41, 5.74) is 7.19. The number of piperidine rings is 1. The molecule has 0 radical (unpaired) electrons. The van der Waals surface area contributed by atoms with Crippen LogP contribution in [0.3, 0.4) is 0 Å². The van der Waals surface area contributed by atoms with Gasteiger partial charge in [0.05, 0.1) is 12.1 Å². The molecule has 140 valence electrons. The van der Waals surface area contributed by atoms with Crippen molar-refractivity contribution in [2.75, 3.05) is 6.54 Å². The third kappa shape index (κ3) is 5.13. The van der Waals surface area contributed by atoms with E-state index in [4.69, 9.17) is 5.73 Å². The molecular formula is C18H23N3O5. The zero-order valence-electron chi connectivity index (χ0n) is 14.6. The molecule has 3 N–H and O–H groups in total. The van der Waals surface area contributed by atoms with Crippen molar-refractivity contribution in [1.29, 1.82) is 0 Å². The van der Waals surface area contributed by atoms with Crippen molar-refractivity contribution < 1.29 is 24.3 Å². The lowest BCUT2D eigenvalue weighted by Gasteiger charge is -2.38. The fourth-order valence-electron chi connectivity index (χ4n) is 2.93. The van der Waals surface area contributed by atoms with Gasteiger partial charge in [0.1, 0.15) is 6.29 Å². The molecule has 8 nitrogen and oxygen atoms in total. The number of carbonyl (C=O) groups is 3. The van der Waals surface area contributed by atoms with Crippen LogP contribution in [0.15, 0.2) is 29.4 Å². The topological polar surface area (TPSA) is 122 Å². The van der Waals surface area contributed by atoms with Crippen LogP contribution in [-0.4, -0.2) is 46.7 Å². The molecule has 2 unspecified atom stereocenters. The Morgan fingerprint density at radius 3 is 2.69 bits per heavy atom. The Morgan fingerprint density at radius 1 is 1.38 bits per heavy atom. The van der Waals surface area contributed by atoms with E-state index in [1.54, 1.807) is 29.2 Å². The number of carbonyl (C=O) groups excluding carboxylic acids is 3. The second-order valence-corrected chi connectivity index (χ2v) is 6.17. The van der Waals surface area contributed by atoms with Crippen LogP contribution in [0, 0.1) is 0 Å². The largest absolute Gasteiger partial charge is 0.393 e.